The summed E-state index contributed by atoms with van der Waals surface area (Å²) in [5.74, 6) is 2.20. The van der Waals surface area contributed by atoms with E-state index < -0.39 is 0 Å². The zero-order chi connectivity index (χ0) is 22.8. The Morgan fingerprint density at radius 1 is 1.03 bits per heavy atom. The molecule has 1 aromatic heterocycles. The third-order valence-electron chi connectivity index (χ3n) is 6.21. The van der Waals surface area contributed by atoms with Gasteiger partial charge in [-0.25, -0.2) is 4.98 Å². The van der Waals surface area contributed by atoms with Crippen LogP contribution >= 0.6 is 0 Å². The molecule has 0 radical (unpaired) electrons. The van der Waals surface area contributed by atoms with Crippen molar-refractivity contribution in [3.8, 4) is 11.6 Å². The van der Waals surface area contributed by atoms with Gasteiger partial charge in [0.2, 0.25) is 5.88 Å². The van der Waals surface area contributed by atoms with Gasteiger partial charge in [0.15, 0.2) is 6.29 Å². The second kappa shape index (κ2) is 12.3. The highest BCUT2D eigenvalue weighted by Gasteiger charge is 2.20. The van der Waals surface area contributed by atoms with Crippen molar-refractivity contribution in [1.82, 2.24) is 10.3 Å². The fourth-order valence-corrected chi connectivity index (χ4v) is 4.53. The van der Waals surface area contributed by atoms with Crippen LogP contribution in [0.2, 0.25) is 0 Å². The monoisotopic (exact) mass is 433 g/mol. The number of nitrogens with one attached hydrogen (secondary N) is 1. The first-order chi connectivity index (χ1) is 15.8. The molecule has 1 aliphatic rings. The van der Waals surface area contributed by atoms with Crippen LogP contribution < -0.4 is 15.8 Å². The van der Waals surface area contributed by atoms with Crippen molar-refractivity contribution in [2.75, 3.05) is 7.05 Å². The Labute approximate surface area is 191 Å². The number of rotatable bonds is 8. The Morgan fingerprint density at radius 3 is 2.44 bits per heavy atom. The first kappa shape index (κ1) is 23.9. The highest BCUT2D eigenvalue weighted by molar-refractivity contribution is 5.91. The molecule has 1 fully saturated rings. The Balaban J connectivity index is 0.00000141. The summed E-state index contributed by atoms with van der Waals surface area (Å²) in [5, 5.41) is 6.06. The second-order valence-electron chi connectivity index (χ2n) is 8.31. The molecule has 1 heterocycles. The molecule has 170 valence electrons. The number of aromatic nitrogens is 1. The Kier molecular flexibility index (Phi) is 9.20. The summed E-state index contributed by atoms with van der Waals surface area (Å²) in [6.45, 7) is 3.16. The average molecular weight is 434 g/mol. The molecular formula is C27H35N3O2. The maximum Gasteiger partial charge on any atom is 0.219 e. The summed E-state index contributed by atoms with van der Waals surface area (Å²) in [6, 6.07) is 16.6. The predicted octanol–water partition coefficient (Wildman–Crippen LogP) is 5.86. The normalized spacial score (nSPS) is 18.0. The Hall–Kier alpha value is -2.76. The SMILES string of the molecule is CCCC1CCC(NCc2ccc(Oc3ccc(C=O)cn3)c3ccccc23)CC1.CN. The molecule has 0 bridgehead atoms. The number of hydrogen-bond donors (Lipinski definition) is 2. The number of benzene rings is 2. The molecule has 0 unspecified atom stereocenters. The van der Waals surface area contributed by atoms with E-state index >= 15 is 0 Å². The third kappa shape index (κ3) is 6.15. The van der Waals surface area contributed by atoms with Crippen molar-refractivity contribution >= 4 is 17.1 Å². The zero-order valence-corrected chi connectivity index (χ0v) is 19.2. The molecule has 32 heavy (non-hydrogen) atoms. The van der Waals surface area contributed by atoms with Crippen LogP contribution in [0.3, 0.4) is 0 Å². The maximum atomic E-state index is 10.8. The second-order valence-corrected chi connectivity index (χ2v) is 8.31. The van der Waals surface area contributed by atoms with E-state index in [0.717, 1.165) is 29.9 Å². The van der Waals surface area contributed by atoms with Crippen molar-refractivity contribution in [3.05, 3.63) is 65.9 Å². The van der Waals surface area contributed by atoms with Gasteiger partial charge in [0, 0.05) is 35.8 Å². The number of nitrogens with two attached hydrogens (primary N) is 1. The summed E-state index contributed by atoms with van der Waals surface area (Å²) in [7, 11) is 1.50. The number of carbonyl (C=O) groups is 1. The molecule has 5 nitrogen and oxygen atoms in total. The van der Waals surface area contributed by atoms with Crippen LogP contribution in [0.15, 0.2) is 54.7 Å². The first-order valence-electron chi connectivity index (χ1n) is 11.7. The smallest absolute Gasteiger partial charge is 0.219 e. The lowest BCUT2D eigenvalue weighted by atomic mass is 9.83. The van der Waals surface area contributed by atoms with Gasteiger partial charge in [-0.3, -0.25) is 4.79 Å². The molecule has 4 rings (SSSR count). The van der Waals surface area contributed by atoms with Gasteiger partial charge >= 0.3 is 0 Å². The van der Waals surface area contributed by atoms with Gasteiger partial charge in [-0.05, 0) is 61.7 Å². The minimum atomic E-state index is 0.487. The highest BCUT2D eigenvalue weighted by atomic mass is 16.5. The summed E-state index contributed by atoms with van der Waals surface area (Å²) < 4.78 is 6.03. The van der Waals surface area contributed by atoms with E-state index in [1.807, 2.05) is 12.1 Å². The lowest BCUT2D eigenvalue weighted by Crippen LogP contribution is -2.32. The summed E-state index contributed by atoms with van der Waals surface area (Å²) in [4.78, 5) is 15.0. The largest absolute Gasteiger partial charge is 0.438 e. The lowest BCUT2D eigenvalue weighted by molar-refractivity contribution is 0.112. The molecule has 3 aromatic rings. The van der Waals surface area contributed by atoms with Crippen LogP contribution in [0, 0.1) is 5.92 Å². The molecule has 5 heteroatoms. The van der Waals surface area contributed by atoms with Crippen molar-refractivity contribution in [2.45, 2.75) is 58.0 Å². The number of fused-ring (bicyclic) bond motifs is 1. The molecule has 0 saturated heterocycles. The topological polar surface area (TPSA) is 77.2 Å². The lowest BCUT2D eigenvalue weighted by Gasteiger charge is -2.29. The molecule has 1 saturated carbocycles. The molecule has 1 aliphatic carbocycles. The van der Waals surface area contributed by atoms with Crippen LogP contribution in [-0.2, 0) is 6.54 Å². The van der Waals surface area contributed by atoms with Crippen LogP contribution in [-0.4, -0.2) is 24.4 Å². The number of nitrogens with zero attached hydrogens (tertiary/aromatic N) is 1. The van der Waals surface area contributed by atoms with Gasteiger partial charge in [-0.1, -0.05) is 50.1 Å². The fourth-order valence-electron chi connectivity index (χ4n) is 4.53. The summed E-state index contributed by atoms with van der Waals surface area (Å²) >= 11 is 0. The molecule has 0 atom stereocenters. The van der Waals surface area contributed by atoms with E-state index in [4.69, 9.17) is 4.74 Å². The molecule has 0 spiro atoms. The van der Waals surface area contributed by atoms with Crippen LogP contribution in [0.4, 0.5) is 0 Å². The summed E-state index contributed by atoms with van der Waals surface area (Å²) in [5.41, 5.74) is 6.33. The minimum Gasteiger partial charge on any atom is -0.438 e. The van der Waals surface area contributed by atoms with Gasteiger partial charge in [-0.2, -0.15) is 0 Å². The Bertz CT molecular complexity index is 980. The van der Waals surface area contributed by atoms with Crippen molar-refractivity contribution in [2.24, 2.45) is 11.7 Å². The average Bonchev–Trinajstić information content (AvgIpc) is 2.86. The van der Waals surface area contributed by atoms with Crippen molar-refractivity contribution < 1.29 is 9.53 Å². The van der Waals surface area contributed by atoms with Gasteiger partial charge in [-0.15, -0.1) is 0 Å². The number of aldehydes is 1. The van der Waals surface area contributed by atoms with Crippen molar-refractivity contribution in [3.63, 3.8) is 0 Å². The van der Waals surface area contributed by atoms with E-state index in [9.17, 15) is 4.79 Å². The standard InChI is InChI=1S/C26H30N2O2.CH5N/c1-2-5-19-8-12-22(13-9-19)27-17-21-11-14-25(24-7-4-3-6-23(21)24)30-26-15-10-20(18-29)16-28-26;1-2/h3-4,6-7,10-11,14-16,18-19,22,27H,2,5,8-9,12-13,17H2,1H3;2H2,1H3. The van der Waals surface area contributed by atoms with Gasteiger partial charge in [0.05, 0.1) is 0 Å². The number of ether oxygens (including phenoxy) is 1. The fraction of sp³-hybridized carbons (Fsp3) is 0.407. The van der Waals surface area contributed by atoms with E-state index in [-0.39, 0.29) is 0 Å². The molecule has 0 amide bonds. The van der Waals surface area contributed by atoms with Crippen LogP contribution in [0.1, 0.15) is 61.4 Å². The quantitative estimate of drug-likeness (QED) is 0.435. The van der Waals surface area contributed by atoms with E-state index in [1.54, 1.807) is 12.1 Å². The molecular weight excluding hydrogens is 398 g/mol. The van der Waals surface area contributed by atoms with E-state index in [2.05, 4.69) is 47.2 Å². The van der Waals surface area contributed by atoms with E-state index in [1.165, 1.54) is 62.7 Å². The van der Waals surface area contributed by atoms with E-state index in [0.29, 0.717) is 17.5 Å². The Morgan fingerprint density at radius 2 is 1.78 bits per heavy atom. The predicted molar refractivity (Wildman–Crippen MR) is 131 cm³/mol. The number of hydrogen-bond acceptors (Lipinski definition) is 5. The zero-order valence-electron chi connectivity index (χ0n) is 19.2. The van der Waals surface area contributed by atoms with Gasteiger partial charge in [0.25, 0.3) is 0 Å². The minimum absolute atomic E-state index is 0.487. The third-order valence-corrected chi connectivity index (χ3v) is 6.21. The highest BCUT2D eigenvalue weighted by Crippen LogP contribution is 2.32. The molecule has 2 aromatic carbocycles. The number of pyridine rings is 1. The summed E-state index contributed by atoms with van der Waals surface area (Å²) in [6.07, 6.45) is 10.3. The van der Waals surface area contributed by atoms with Crippen LogP contribution in [0.5, 0.6) is 11.6 Å². The first-order valence-corrected chi connectivity index (χ1v) is 11.7. The van der Waals surface area contributed by atoms with Gasteiger partial charge < -0.3 is 15.8 Å². The van der Waals surface area contributed by atoms with Crippen LogP contribution in [0.25, 0.3) is 10.8 Å². The van der Waals surface area contributed by atoms with Gasteiger partial charge in [0.1, 0.15) is 5.75 Å². The van der Waals surface area contributed by atoms with Crippen molar-refractivity contribution in [1.29, 1.82) is 0 Å². The maximum absolute atomic E-state index is 10.8. The molecule has 0 aliphatic heterocycles. The number of carbonyl (C=O) groups excluding carboxylic acids is 1. The molecule has 3 N–H and O–H groups in total.